The first-order valence-electron chi connectivity index (χ1n) is 7.54. The third-order valence-electron chi connectivity index (χ3n) is 3.93. The molecule has 0 spiro atoms. The summed E-state index contributed by atoms with van der Waals surface area (Å²) < 4.78 is 22.6. The second-order valence-electron chi connectivity index (χ2n) is 6.29. The maximum Gasteiger partial charge on any atom is 0.185 e. The van der Waals surface area contributed by atoms with Gasteiger partial charge in [0.15, 0.2) is 5.13 Å². The first-order valence-corrected chi connectivity index (χ1v) is 10.4. The second-order valence-corrected chi connectivity index (χ2v) is 9.61. The van der Waals surface area contributed by atoms with Gasteiger partial charge in [0.1, 0.15) is 9.84 Å². The number of nitrogens with one attached hydrogen (secondary N) is 1. The van der Waals surface area contributed by atoms with E-state index in [2.05, 4.69) is 5.32 Å². The predicted octanol–water partition coefficient (Wildman–Crippen LogP) is 1.75. The zero-order valence-corrected chi connectivity index (χ0v) is 14.3. The molecule has 0 aliphatic heterocycles. The number of sulfone groups is 1. The Hall–Kier alpha value is -0.660. The molecule has 0 saturated heterocycles. The summed E-state index contributed by atoms with van der Waals surface area (Å²) >= 11 is 1.71. The fourth-order valence-corrected chi connectivity index (χ4v) is 3.93. The van der Waals surface area contributed by atoms with Crippen LogP contribution in [0.15, 0.2) is 0 Å². The van der Waals surface area contributed by atoms with E-state index in [0.29, 0.717) is 18.5 Å². The van der Waals surface area contributed by atoms with Crippen LogP contribution in [-0.4, -0.2) is 45.0 Å². The van der Waals surface area contributed by atoms with Gasteiger partial charge in [-0.2, -0.15) is 0 Å². The SMILES string of the molecule is CN(CCS(C)(=O)=O)c1nc(C2CC2)c(CNC2CC2)s1. The third-order valence-corrected chi connectivity index (χ3v) is 6.04. The van der Waals surface area contributed by atoms with Crippen molar-refractivity contribution in [1.29, 1.82) is 0 Å². The minimum Gasteiger partial charge on any atom is -0.350 e. The molecule has 2 fully saturated rings. The zero-order chi connectivity index (χ0) is 15.0. The summed E-state index contributed by atoms with van der Waals surface area (Å²) in [4.78, 5) is 8.09. The lowest BCUT2D eigenvalue weighted by atomic mass is 10.2. The summed E-state index contributed by atoms with van der Waals surface area (Å²) in [5, 5.41) is 4.51. The molecular formula is C14H23N3O2S2. The summed E-state index contributed by atoms with van der Waals surface area (Å²) in [5.41, 5.74) is 1.24. The minimum absolute atomic E-state index is 0.178. The van der Waals surface area contributed by atoms with Crippen molar-refractivity contribution in [2.45, 2.75) is 44.2 Å². The van der Waals surface area contributed by atoms with E-state index in [1.807, 2.05) is 11.9 Å². The largest absolute Gasteiger partial charge is 0.350 e. The summed E-state index contributed by atoms with van der Waals surface area (Å²) in [6, 6.07) is 0.700. The Kier molecular flexibility index (Phi) is 4.25. The van der Waals surface area contributed by atoms with Gasteiger partial charge in [-0.05, 0) is 25.7 Å². The van der Waals surface area contributed by atoms with Crippen LogP contribution in [0.4, 0.5) is 5.13 Å². The molecule has 1 N–H and O–H groups in total. The molecule has 2 saturated carbocycles. The number of hydrogen-bond donors (Lipinski definition) is 1. The smallest absolute Gasteiger partial charge is 0.185 e. The van der Waals surface area contributed by atoms with Gasteiger partial charge in [-0.25, -0.2) is 13.4 Å². The maximum atomic E-state index is 11.3. The number of thiazole rings is 1. The van der Waals surface area contributed by atoms with Crippen LogP contribution in [0.2, 0.25) is 0 Å². The maximum absolute atomic E-state index is 11.3. The normalized spacial score (nSPS) is 19.0. The quantitative estimate of drug-likeness (QED) is 0.787. The summed E-state index contributed by atoms with van der Waals surface area (Å²) in [5.74, 6) is 0.812. The molecule has 0 aromatic carbocycles. The van der Waals surface area contributed by atoms with Crippen LogP contribution in [0.5, 0.6) is 0 Å². The van der Waals surface area contributed by atoms with Crippen LogP contribution in [-0.2, 0) is 16.4 Å². The van der Waals surface area contributed by atoms with Gasteiger partial charge in [-0.15, -0.1) is 11.3 Å². The van der Waals surface area contributed by atoms with Crippen molar-refractivity contribution in [3.63, 3.8) is 0 Å². The van der Waals surface area contributed by atoms with Gasteiger partial charge in [-0.3, -0.25) is 0 Å². The highest BCUT2D eigenvalue weighted by atomic mass is 32.2. The van der Waals surface area contributed by atoms with Gasteiger partial charge in [-0.1, -0.05) is 0 Å². The summed E-state index contributed by atoms with van der Waals surface area (Å²) in [7, 11) is -0.995. The van der Waals surface area contributed by atoms with Crippen molar-refractivity contribution in [2.75, 3.05) is 30.5 Å². The Morgan fingerprint density at radius 3 is 2.62 bits per heavy atom. The van der Waals surface area contributed by atoms with Crippen LogP contribution in [0, 0.1) is 0 Å². The lowest BCUT2D eigenvalue weighted by Gasteiger charge is -2.14. The minimum atomic E-state index is -2.92. The van der Waals surface area contributed by atoms with E-state index in [0.717, 1.165) is 11.7 Å². The highest BCUT2D eigenvalue weighted by Gasteiger charge is 2.31. The van der Waals surface area contributed by atoms with Gasteiger partial charge in [0.2, 0.25) is 0 Å². The van der Waals surface area contributed by atoms with Crippen molar-refractivity contribution in [3.05, 3.63) is 10.6 Å². The number of nitrogens with zero attached hydrogens (tertiary/aromatic N) is 2. The molecule has 0 atom stereocenters. The molecule has 1 aromatic rings. The van der Waals surface area contributed by atoms with E-state index in [4.69, 9.17) is 4.98 Å². The predicted molar refractivity (Wildman–Crippen MR) is 86.9 cm³/mol. The summed E-state index contributed by atoms with van der Waals surface area (Å²) in [6.07, 6.45) is 6.35. The molecule has 1 heterocycles. The molecule has 7 heteroatoms. The lowest BCUT2D eigenvalue weighted by Crippen LogP contribution is -2.24. The molecule has 21 heavy (non-hydrogen) atoms. The molecule has 1 aromatic heterocycles. The molecule has 118 valence electrons. The molecule has 0 radical (unpaired) electrons. The average molecular weight is 329 g/mol. The van der Waals surface area contributed by atoms with Crippen molar-refractivity contribution in [2.24, 2.45) is 0 Å². The molecule has 3 rings (SSSR count). The zero-order valence-electron chi connectivity index (χ0n) is 12.6. The second kappa shape index (κ2) is 5.85. The van der Waals surface area contributed by atoms with E-state index in [1.54, 1.807) is 11.3 Å². The van der Waals surface area contributed by atoms with Crippen molar-refractivity contribution in [3.8, 4) is 0 Å². The Morgan fingerprint density at radius 1 is 1.33 bits per heavy atom. The fourth-order valence-electron chi connectivity index (χ4n) is 2.24. The highest BCUT2D eigenvalue weighted by Crippen LogP contribution is 2.44. The standard InChI is InChI=1S/C14H23N3O2S2/c1-17(7-8-21(2,18)19)14-16-13(10-3-4-10)12(20-14)9-15-11-5-6-11/h10-11,15H,3-9H2,1-2H3. The Morgan fingerprint density at radius 2 is 2.05 bits per heavy atom. The number of rotatable bonds is 8. The number of hydrogen-bond acceptors (Lipinski definition) is 6. The van der Waals surface area contributed by atoms with Gasteiger partial charge < -0.3 is 10.2 Å². The van der Waals surface area contributed by atoms with E-state index in [9.17, 15) is 8.42 Å². The first-order chi connectivity index (χ1) is 9.92. The van der Waals surface area contributed by atoms with Gasteiger partial charge >= 0.3 is 0 Å². The van der Waals surface area contributed by atoms with Crippen molar-refractivity contribution < 1.29 is 8.42 Å². The van der Waals surface area contributed by atoms with E-state index >= 15 is 0 Å². The third kappa shape index (κ3) is 4.40. The monoisotopic (exact) mass is 329 g/mol. The van der Waals surface area contributed by atoms with Gasteiger partial charge in [0.05, 0.1) is 11.4 Å². The Balaban J connectivity index is 1.67. The molecule has 2 aliphatic carbocycles. The molecule has 0 amide bonds. The molecule has 0 unspecified atom stereocenters. The van der Waals surface area contributed by atoms with Crippen LogP contribution in [0.1, 0.15) is 42.2 Å². The van der Waals surface area contributed by atoms with Crippen LogP contribution in [0.25, 0.3) is 0 Å². The molecule has 5 nitrogen and oxygen atoms in total. The Labute approximate surface area is 130 Å². The fraction of sp³-hybridized carbons (Fsp3) is 0.786. The van der Waals surface area contributed by atoms with E-state index in [1.165, 1.54) is 42.5 Å². The summed E-state index contributed by atoms with van der Waals surface area (Å²) in [6.45, 7) is 1.42. The van der Waals surface area contributed by atoms with Gasteiger partial charge in [0.25, 0.3) is 0 Å². The Bertz CT molecular complexity index is 604. The van der Waals surface area contributed by atoms with Crippen molar-refractivity contribution in [1.82, 2.24) is 10.3 Å². The topological polar surface area (TPSA) is 62.3 Å². The average Bonchev–Trinajstić information content (AvgIpc) is 3.32. The number of aromatic nitrogens is 1. The lowest BCUT2D eigenvalue weighted by molar-refractivity contribution is 0.601. The molecular weight excluding hydrogens is 306 g/mol. The van der Waals surface area contributed by atoms with Crippen LogP contribution < -0.4 is 10.2 Å². The highest BCUT2D eigenvalue weighted by molar-refractivity contribution is 7.90. The van der Waals surface area contributed by atoms with Crippen LogP contribution in [0.3, 0.4) is 0 Å². The number of anilines is 1. The van der Waals surface area contributed by atoms with Gasteiger partial charge in [0, 0.05) is 43.2 Å². The van der Waals surface area contributed by atoms with Crippen LogP contribution >= 0.6 is 11.3 Å². The first kappa shape index (κ1) is 15.2. The van der Waals surface area contributed by atoms with Crippen molar-refractivity contribution >= 4 is 26.3 Å². The molecule has 2 aliphatic rings. The van der Waals surface area contributed by atoms with E-state index < -0.39 is 9.84 Å². The molecule has 0 bridgehead atoms. The van der Waals surface area contributed by atoms with E-state index in [-0.39, 0.29) is 5.75 Å².